The van der Waals surface area contributed by atoms with Crippen LogP contribution >= 0.6 is 0 Å². The van der Waals surface area contributed by atoms with Crippen molar-refractivity contribution >= 4 is 51.4 Å². The number of halogens is 6. The van der Waals surface area contributed by atoms with Gasteiger partial charge in [-0.15, -0.1) is 0 Å². The number of rotatable bonds is 0. The maximum absolute atomic E-state index is 11.0. The van der Waals surface area contributed by atoms with E-state index in [0.717, 1.165) is 0 Å². The van der Waals surface area contributed by atoms with Gasteiger partial charge < -0.3 is 0 Å². The van der Waals surface area contributed by atoms with E-state index >= 15 is 0 Å². The van der Waals surface area contributed by atoms with Gasteiger partial charge in [0.2, 0.25) is 0 Å². The van der Waals surface area contributed by atoms with E-state index in [-0.39, 0.29) is 51.4 Å². The predicted molar refractivity (Wildman–Crippen MR) is 23.6 cm³/mol. The molecule has 56 valence electrons. The van der Waals surface area contributed by atoms with Crippen molar-refractivity contribution in [3.8, 4) is 0 Å². The van der Waals surface area contributed by atoms with Crippen molar-refractivity contribution in [2.24, 2.45) is 0 Å². The van der Waals surface area contributed by atoms with Gasteiger partial charge in [0, 0.05) is 0 Å². The summed E-state index contributed by atoms with van der Waals surface area (Å²) < 4.78 is 64.8. The molecule has 0 aliphatic heterocycles. The van der Waals surface area contributed by atoms with E-state index in [0.29, 0.717) is 0 Å². The maximum atomic E-state index is 11.0. The predicted octanol–water partition coefficient (Wildman–Crippen LogP) is 1.98. The zero-order valence-corrected chi connectivity index (χ0v) is 3.77. The first kappa shape index (κ1) is 13.5. The second-order valence-electron chi connectivity index (χ2n) is 1.07. The molecule has 0 fully saturated rings. The van der Waals surface area contributed by atoms with Crippen molar-refractivity contribution < 1.29 is 26.3 Å². The van der Waals surface area contributed by atoms with Gasteiger partial charge in [0.15, 0.2) is 0 Å². The third-order valence-corrected chi connectivity index (χ3v) is 0.415. The number of allylic oxidation sites excluding steroid dienone is 1. The molecule has 0 rings (SSSR count). The molecule has 0 spiro atoms. The minimum atomic E-state index is -5.56. The molecule has 10 heavy (non-hydrogen) atoms. The van der Waals surface area contributed by atoms with Gasteiger partial charge in [-0.25, -0.2) is 0 Å². The second kappa shape index (κ2) is 4.76. The van der Waals surface area contributed by atoms with Gasteiger partial charge in [-0.3, -0.25) is 0 Å². The summed E-state index contributed by atoms with van der Waals surface area (Å²) in [4.78, 5) is 0. The van der Waals surface area contributed by atoms with Crippen molar-refractivity contribution in [3.63, 3.8) is 0 Å². The van der Waals surface area contributed by atoms with Crippen LogP contribution in [0.2, 0.25) is 0 Å². The Morgan fingerprint density at radius 3 is 1.20 bits per heavy atom. The van der Waals surface area contributed by atoms with Crippen LogP contribution in [0, 0.1) is 0 Å². The first-order valence-electron chi connectivity index (χ1n) is 1.63. The van der Waals surface area contributed by atoms with E-state index in [1.807, 2.05) is 0 Å². The van der Waals surface area contributed by atoms with Gasteiger partial charge >= 0.3 is 63.6 Å². The molecule has 0 amide bonds. The topological polar surface area (TPSA) is 0 Å². The van der Waals surface area contributed by atoms with Gasteiger partial charge in [-0.05, 0) is 0 Å². The van der Waals surface area contributed by atoms with Crippen LogP contribution in [0.1, 0.15) is 0 Å². The molecule has 0 aromatic rings. The van der Waals surface area contributed by atoms with Gasteiger partial charge in [-0.1, -0.05) is 0 Å². The summed E-state index contributed by atoms with van der Waals surface area (Å²) in [6, 6.07) is 0. The molecule has 0 N–H and O–H groups in total. The molecule has 0 unspecified atom stereocenters. The fourth-order valence-electron chi connectivity index (χ4n) is 0.107. The Morgan fingerprint density at radius 1 is 0.900 bits per heavy atom. The summed E-state index contributed by atoms with van der Waals surface area (Å²) >= 11 is 0. The average molecular weight is 190 g/mol. The number of alkyl halides is 3. The van der Waals surface area contributed by atoms with Crippen LogP contribution in [0.4, 0.5) is 26.3 Å². The molecular weight excluding hydrogens is 189 g/mol. The summed E-state index contributed by atoms with van der Waals surface area (Å²) in [5.41, 5.74) is 0. The normalized spacial score (nSPS) is 10.2. The van der Waals surface area contributed by atoms with Gasteiger partial charge in [0.25, 0.3) is 5.83 Å². The Labute approximate surface area is 94.7 Å². The molecule has 0 aromatic carbocycles. The van der Waals surface area contributed by atoms with Crippen LogP contribution in [0.15, 0.2) is 11.9 Å². The van der Waals surface area contributed by atoms with E-state index in [1.165, 1.54) is 0 Å². The van der Waals surface area contributed by atoms with Crippen LogP contribution in [0.5, 0.6) is 0 Å². The SMILES string of the molecule is FC(F)=C(F)C(F)(F)F.[KH]. The molecule has 0 saturated carbocycles. The quantitative estimate of drug-likeness (QED) is 0.404. The summed E-state index contributed by atoms with van der Waals surface area (Å²) in [5.74, 6) is -3.33. The van der Waals surface area contributed by atoms with Crippen molar-refractivity contribution in [3.05, 3.63) is 11.9 Å². The molecule has 0 aliphatic rings. The van der Waals surface area contributed by atoms with Crippen molar-refractivity contribution in [2.75, 3.05) is 0 Å². The standard InChI is InChI=1S/C3F6.K.H/c4-1(2(5)6)3(7,8)9;;. The average Bonchev–Trinajstić information content (AvgIpc) is 1.62. The first-order chi connectivity index (χ1) is 3.85. The molecule has 0 aliphatic carbocycles. The summed E-state index contributed by atoms with van der Waals surface area (Å²) in [6.07, 6.45) is -8.90. The van der Waals surface area contributed by atoms with E-state index in [2.05, 4.69) is 0 Å². The zero-order chi connectivity index (χ0) is 7.65. The summed E-state index contributed by atoms with van der Waals surface area (Å²) in [5, 5.41) is 0. The summed E-state index contributed by atoms with van der Waals surface area (Å²) in [7, 11) is 0. The molecular formula is C3HF6K. The molecule has 0 nitrogen and oxygen atoms in total. The monoisotopic (exact) mass is 190 g/mol. The van der Waals surface area contributed by atoms with Crippen LogP contribution in [0.3, 0.4) is 0 Å². The van der Waals surface area contributed by atoms with Gasteiger partial charge in [-0.2, -0.15) is 26.3 Å². The number of hydrogen-bond acceptors (Lipinski definition) is 0. The molecule has 0 saturated heterocycles. The Bertz CT molecular complexity index is 130. The second-order valence-corrected chi connectivity index (χ2v) is 1.07. The van der Waals surface area contributed by atoms with Crippen molar-refractivity contribution in [2.45, 2.75) is 6.18 Å². The minimum absolute atomic E-state index is 0. The molecule has 0 radical (unpaired) electrons. The van der Waals surface area contributed by atoms with Gasteiger partial charge in [0.1, 0.15) is 0 Å². The van der Waals surface area contributed by atoms with E-state index in [4.69, 9.17) is 0 Å². The third kappa shape index (κ3) is 4.72. The Balaban J connectivity index is 0. The van der Waals surface area contributed by atoms with Crippen LogP contribution < -0.4 is 0 Å². The van der Waals surface area contributed by atoms with E-state index in [1.54, 1.807) is 0 Å². The Kier molecular flexibility index (Phi) is 6.44. The molecule has 0 bridgehead atoms. The fourth-order valence-corrected chi connectivity index (χ4v) is 0.107. The molecule has 7 heteroatoms. The van der Waals surface area contributed by atoms with Crippen LogP contribution in [-0.2, 0) is 0 Å². The zero-order valence-electron chi connectivity index (χ0n) is 3.77. The molecule has 0 aromatic heterocycles. The van der Waals surface area contributed by atoms with Crippen LogP contribution in [0.25, 0.3) is 0 Å². The van der Waals surface area contributed by atoms with Gasteiger partial charge in [0.05, 0.1) is 0 Å². The fraction of sp³-hybridized carbons (Fsp3) is 0.333. The van der Waals surface area contributed by atoms with E-state index < -0.39 is 18.1 Å². The van der Waals surface area contributed by atoms with E-state index in [9.17, 15) is 26.3 Å². The van der Waals surface area contributed by atoms with Crippen molar-refractivity contribution in [1.29, 1.82) is 0 Å². The van der Waals surface area contributed by atoms with Crippen LogP contribution in [-0.4, -0.2) is 57.6 Å². The Morgan fingerprint density at radius 2 is 1.20 bits per heavy atom. The first-order valence-corrected chi connectivity index (χ1v) is 1.63. The third-order valence-electron chi connectivity index (χ3n) is 0.415. The summed E-state index contributed by atoms with van der Waals surface area (Å²) in [6.45, 7) is 0. The Hall–Kier alpha value is 0.956. The molecule has 0 heterocycles. The number of hydrogen-bond donors (Lipinski definition) is 0. The molecule has 0 atom stereocenters. The van der Waals surface area contributed by atoms with Crippen molar-refractivity contribution in [1.82, 2.24) is 0 Å².